The Hall–Kier alpha value is -1.10. The molecule has 0 radical (unpaired) electrons. The molecule has 86 valence electrons. The van der Waals surface area contributed by atoms with Crippen molar-refractivity contribution in [3.63, 3.8) is 0 Å². The molecule has 1 aromatic heterocycles. The molecule has 0 aromatic carbocycles. The highest BCUT2D eigenvalue weighted by Crippen LogP contribution is 2.14. The topological polar surface area (TPSA) is 51.1 Å². The molecule has 1 atom stereocenters. The van der Waals surface area contributed by atoms with E-state index in [2.05, 4.69) is 21.2 Å². The molecule has 1 aliphatic heterocycles. The van der Waals surface area contributed by atoms with Crippen LogP contribution in [0.4, 0.5) is 0 Å². The predicted octanol–water partition coefficient (Wildman–Crippen LogP) is 1.14. The number of nitrogens with one attached hydrogen (secondary N) is 1. The second kappa shape index (κ2) is 4.82. The van der Waals surface area contributed by atoms with Crippen LogP contribution in [0.25, 0.3) is 0 Å². The van der Waals surface area contributed by atoms with Crippen molar-refractivity contribution in [3.8, 4) is 0 Å². The van der Waals surface area contributed by atoms with Crippen LogP contribution in [-0.4, -0.2) is 17.0 Å². The third-order valence-electron chi connectivity index (χ3n) is 2.76. The Balaban J connectivity index is 2.16. The molecule has 1 aliphatic rings. The highest BCUT2D eigenvalue weighted by Gasteiger charge is 2.22. The van der Waals surface area contributed by atoms with Gasteiger partial charge in [0.25, 0.3) is 5.56 Å². The normalized spacial score (nSPS) is 20.6. The standard InChI is InChI=1S/C11H13BrN2O2/c12-9-3-4-10(15)14(7-9)6-8-2-1-5-13-11(8)16/h3-4,7-8H,1-2,5-6H2,(H,13,16). The monoisotopic (exact) mass is 284 g/mol. The molecule has 1 amide bonds. The van der Waals surface area contributed by atoms with Crippen molar-refractivity contribution in [2.24, 2.45) is 5.92 Å². The number of amides is 1. The number of rotatable bonds is 2. The van der Waals surface area contributed by atoms with Crippen LogP contribution in [0.3, 0.4) is 0 Å². The fourth-order valence-corrected chi connectivity index (χ4v) is 2.27. The number of pyridine rings is 1. The lowest BCUT2D eigenvalue weighted by molar-refractivity contribution is -0.127. The first kappa shape index (κ1) is 11.4. The van der Waals surface area contributed by atoms with Crippen molar-refractivity contribution >= 4 is 21.8 Å². The average molecular weight is 285 g/mol. The van der Waals surface area contributed by atoms with Crippen LogP contribution in [0.1, 0.15) is 12.8 Å². The quantitative estimate of drug-likeness (QED) is 0.885. The van der Waals surface area contributed by atoms with E-state index in [1.165, 1.54) is 6.07 Å². The summed E-state index contributed by atoms with van der Waals surface area (Å²) in [6.45, 7) is 1.22. The van der Waals surface area contributed by atoms with E-state index in [0.29, 0.717) is 6.54 Å². The van der Waals surface area contributed by atoms with E-state index in [9.17, 15) is 9.59 Å². The van der Waals surface area contributed by atoms with Crippen LogP contribution in [0, 0.1) is 5.92 Å². The second-order valence-corrected chi connectivity index (χ2v) is 4.88. The van der Waals surface area contributed by atoms with Crippen molar-refractivity contribution in [1.29, 1.82) is 0 Å². The lowest BCUT2D eigenvalue weighted by atomic mass is 9.98. The number of carbonyl (C=O) groups excluding carboxylic acids is 1. The number of carbonyl (C=O) groups is 1. The summed E-state index contributed by atoms with van der Waals surface area (Å²) in [5.41, 5.74) is -0.0680. The first-order chi connectivity index (χ1) is 7.66. The molecule has 4 nitrogen and oxygen atoms in total. The number of halogens is 1. The number of hydrogen-bond acceptors (Lipinski definition) is 2. The van der Waals surface area contributed by atoms with Crippen molar-refractivity contribution < 1.29 is 4.79 Å². The van der Waals surface area contributed by atoms with Gasteiger partial charge in [-0.2, -0.15) is 0 Å². The van der Waals surface area contributed by atoms with Crippen LogP contribution in [0.2, 0.25) is 0 Å². The molecule has 2 heterocycles. The Morgan fingerprint density at radius 2 is 2.25 bits per heavy atom. The fraction of sp³-hybridized carbons (Fsp3) is 0.455. The van der Waals surface area contributed by atoms with E-state index in [1.807, 2.05) is 0 Å². The molecule has 1 N–H and O–H groups in total. The molecule has 1 fully saturated rings. The molecule has 0 saturated carbocycles. The van der Waals surface area contributed by atoms with E-state index in [4.69, 9.17) is 0 Å². The molecule has 1 saturated heterocycles. The molecular formula is C11H13BrN2O2. The molecule has 2 rings (SSSR count). The summed E-state index contributed by atoms with van der Waals surface area (Å²) >= 11 is 3.32. The molecular weight excluding hydrogens is 272 g/mol. The van der Waals surface area contributed by atoms with E-state index in [-0.39, 0.29) is 17.4 Å². The van der Waals surface area contributed by atoms with Gasteiger partial charge in [-0.25, -0.2) is 0 Å². The molecule has 1 unspecified atom stereocenters. The molecule has 16 heavy (non-hydrogen) atoms. The van der Waals surface area contributed by atoms with Crippen LogP contribution >= 0.6 is 15.9 Å². The Bertz CT molecular complexity index is 456. The highest BCUT2D eigenvalue weighted by molar-refractivity contribution is 9.10. The largest absolute Gasteiger partial charge is 0.356 e. The minimum Gasteiger partial charge on any atom is -0.356 e. The van der Waals surface area contributed by atoms with Gasteiger partial charge in [0.2, 0.25) is 5.91 Å². The van der Waals surface area contributed by atoms with E-state index in [0.717, 1.165) is 23.9 Å². The summed E-state index contributed by atoms with van der Waals surface area (Å²) in [5, 5.41) is 2.82. The Morgan fingerprint density at radius 1 is 1.44 bits per heavy atom. The van der Waals surface area contributed by atoms with Crippen LogP contribution in [0.15, 0.2) is 27.6 Å². The third kappa shape index (κ3) is 2.52. The van der Waals surface area contributed by atoms with Crippen molar-refractivity contribution in [3.05, 3.63) is 33.2 Å². The van der Waals surface area contributed by atoms with E-state index >= 15 is 0 Å². The van der Waals surface area contributed by atoms with Gasteiger partial charge in [0.05, 0.1) is 5.92 Å². The van der Waals surface area contributed by atoms with Gasteiger partial charge in [-0.3, -0.25) is 9.59 Å². The SMILES string of the molecule is O=C1NCCCC1Cn1cc(Br)ccc1=O. The van der Waals surface area contributed by atoms with Crippen molar-refractivity contribution in [2.45, 2.75) is 19.4 Å². The van der Waals surface area contributed by atoms with E-state index in [1.54, 1.807) is 16.8 Å². The summed E-state index contributed by atoms with van der Waals surface area (Å²) in [4.78, 5) is 23.1. The molecule has 0 aliphatic carbocycles. The van der Waals surface area contributed by atoms with Gasteiger partial charge in [-0.05, 0) is 34.8 Å². The smallest absolute Gasteiger partial charge is 0.250 e. The minimum atomic E-state index is -0.0826. The van der Waals surface area contributed by atoms with Crippen LogP contribution < -0.4 is 10.9 Å². The molecule has 0 bridgehead atoms. The first-order valence-corrected chi connectivity index (χ1v) is 6.10. The lowest BCUT2D eigenvalue weighted by Gasteiger charge is -2.22. The maximum atomic E-state index is 11.6. The van der Waals surface area contributed by atoms with Gasteiger partial charge in [-0.15, -0.1) is 0 Å². The zero-order chi connectivity index (χ0) is 11.5. The summed E-state index contributed by atoms with van der Waals surface area (Å²) in [5.74, 6) is -0.0288. The Kier molecular flexibility index (Phi) is 3.43. The maximum Gasteiger partial charge on any atom is 0.250 e. The van der Waals surface area contributed by atoms with Gasteiger partial charge in [0.1, 0.15) is 0 Å². The first-order valence-electron chi connectivity index (χ1n) is 5.30. The van der Waals surface area contributed by atoms with Crippen LogP contribution in [-0.2, 0) is 11.3 Å². The van der Waals surface area contributed by atoms with Crippen LogP contribution in [0.5, 0.6) is 0 Å². The van der Waals surface area contributed by atoms with Gasteiger partial charge < -0.3 is 9.88 Å². The number of aromatic nitrogens is 1. The molecule has 5 heteroatoms. The average Bonchev–Trinajstić information content (AvgIpc) is 2.27. The highest BCUT2D eigenvalue weighted by atomic mass is 79.9. The predicted molar refractivity (Wildman–Crippen MR) is 64.1 cm³/mol. The summed E-state index contributed by atoms with van der Waals surface area (Å²) in [6, 6.07) is 3.21. The third-order valence-corrected chi connectivity index (χ3v) is 3.23. The van der Waals surface area contributed by atoms with Crippen molar-refractivity contribution in [2.75, 3.05) is 6.54 Å². The molecule has 1 aromatic rings. The second-order valence-electron chi connectivity index (χ2n) is 3.97. The maximum absolute atomic E-state index is 11.6. The number of nitrogens with zero attached hydrogens (tertiary/aromatic N) is 1. The van der Waals surface area contributed by atoms with Crippen molar-refractivity contribution in [1.82, 2.24) is 9.88 Å². The molecule has 0 spiro atoms. The zero-order valence-corrected chi connectivity index (χ0v) is 10.4. The number of piperidine rings is 1. The minimum absolute atomic E-state index is 0.0538. The van der Waals surface area contributed by atoms with E-state index < -0.39 is 0 Å². The summed E-state index contributed by atoms with van der Waals surface area (Å²) < 4.78 is 2.43. The summed E-state index contributed by atoms with van der Waals surface area (Å²) in [7, 11) is 0. The van der Waals surface area contributed by atoms with Gasteiger partial charge in [0, 0.05) is 29.8 Å². The lowest BCUT2D eigenvalue weighted by Crippen LogP contribution is -2.39. The zero-order valence-electron chi connectivity index (χ0n) is 8.78. The number of hydrogen-bond donors (Lipinski definition) is 1. The Morgan fingerprint density at radius 3 is 3.00 bits per heavy atom. The van der Waals surface area contributed by atoms with Gasteiger partial charge in [-0.1, -0.05) is 0 Å². The van der Waals surface area contributed by atoms with Gasteiger partial charge in [0.15, 0.2) is 0 Å². The fourth-order valence-electron chi connectivity index (χ4n) is 1.89. The van der Waals surface area contributed by atoms with Gasteiger partial charge >= 0.3 is 0 Å². The summed E-state index contributed by atoms with van der Waals surface area (Å²) in [6.07, 6.45) is 3.56. The Labute approximate surface area is 102 Å².